The highest BCUT2D eigenvalue weighted by Gasteiger charge is 2.47. The molecular formula is C29H36O17. The number of aliphatic hydroxyl groups excluding tert-OH is 6. The second-order valence-corrected chi connectivity index (χ2v) is 10.5. The minimum absolute atomic E-state index is 0.0213. The van der Waals surface area contributed by atoms with Gasteiger partial charge in [-0.15, -0.1) is 0 Å². The van der Waals surface area contributed by atoms with Crippen LogP contribution >= 0.6 is 0 Å². The third kappa shape index (κ3) is 5.74. The number of aliphatic hydroxyl groups is 6. The number of methoxy groups -OCH3 is 5. The molecule has 0 amide bonds. The van der Waals surface area contributed by atoms with E-state index in [0.29, 0.717) is 0 Å². The van der Waals surface area contributed by atoms with Gasteiger partial charge in [-0.2, -0.15) is 0 Å². The highest BCUT2D eigenvalue weighted by atomic mass is 16.7. The number of fused-ring (bicyclic) bond motifs is 2. The first-order chi connectivity index (χ1) is 22.0. The summed E-state index contributed by atoms with van der Waals surface area (Å²) >= 11 is 0. The van der Waals surface area contributed by atoms with E-state index in [1.807, 2.05) is 0 Å². The number of ether oxygens (including phenoxy) is 9. The van der Waals surface area contributed by atoms with Crippen LogP contribution in [0.25, 0.3) is 21.9 Å². The van der Waals surface area contributed by atoms with Gasteiger partial charge in [0.2, 0.25) is 29.0 Å². The van der Waals surface area contributed by atoms with E-state index < -0.39 is 67.3 Å². The lowest BCUT2D eigenvalue weighted by Gasteiger charge is -2.41. The first-order valence-electron chi connectivity index (χ1n) is 14.0. The average Bonchev–Trinajstić information content (AvgIpc) is 3.06. The second-order valence-electron chi connectivity index (χ2n) is 10.5. The average molecular weight is 657 g/mol. The number of rotatable bonds is 10. The molecule has 254 valence electrons. The molecule has 3 heterocycles. The van der Waals surface area contributed by atoms with Gasteiger partial charge < -0.3 is 77.7 Å². The molecule has 46 heavy (non-hydrogen) atoms. The predicted octanol–water partition coefficient (Wildman–Crippen LogP) is -1.37. The predicted molar refractivity (Wildman–Crippen MR) is 154 cm³/mol. The summed E-state index contributed by atoms with van der Waals surface area (Å²) in [5, 5.41) is 61.9. The molecule has 0 spiro atoms. The van der Waals surface area contributed by atoms with Gasteiger partial charge in [0.25, 0.3) is 0 Å². The van der Waals surface area contributed by atoms with Crippen molar-refractivity contribution in [1.82, 2.24) is 0 Å². The summed E-state index contributed by atoms with van der Waals surface area (Å²) in [5.74, 6) is -0.133. The van der Waals surface area contributed by atoms with E-state index in [1.54, 1.807) is 0 Å². The van der Waals surface area contributed by atoms with Crippen molar-refractivity contribution < 1.29 is 77.7 Å². The fraction of sp³-hybridized carbons (Fsp3) is 0.552. The van der Waals surface area contributed by atoms with Gasteiger partial charge in [0.15, 0.2) is 29.0 Å². The quantitative estimate of drug-likeness (QED) is 0.138. The van der Waals surface area contributed by atoms with Gasteiger partial charge in [0.1, 0.15) is 53.9 Å². The van der Waals surface area contributed by atoms with E-state index in [1.165, 1.54) is 47.7 Å². The fourth-order valence-electron chi connectivity index (χ4n) is 5.35. The molecule has 2 aliphatic rings. The van der Waals surface area contributed by atoms with Crippen LogP contribution in [0, 0.1) is 0 Å². The SMILES string of the molecule is COc1cc(OC)c2oc3c(OC)c(OC)c(OC)c(OC4OC(COC5OCC(O)C(O)C5O)C(O)C(O)C4O)c3c(=O)c2c1. The Kier molecular flexibility index (Phi) is 9.97. The lowest BCUT2D eigenvalue weighted by molar-refractivity contribution is -0.307. The van der Waals surface area contributed by atoms with Crippen LogP contribution in [0.5, 0.6) is 34.5 Å². The maximum atomic E-state index is 14.2. The van der Waals surface area contributed by atoms with Crippen molar-refractivity contribution in [2.75, 3.05) is 48.8 Å². The Labute approximate surface area is 260 Å². The number of benzene rings is 2. The molecule has 1 aromatic heterocycles. The van der Waals surface area contributed by atoms with Gasteiger partial charge in [-0.1, -0.05) is 0 Å². The third-order valence-corrected chi connectivity index (χ3v) is 7.83. The Hall–Kier alpha value is -3.65. The molecule has 5 rings (SSSR count). The molecule has 9 unspecified atom stereocenters. The maximum absolute atomic E-state index is 14.2. The highest BCUT2D eigenvalue weighted by molar-refractivity contribution is 6.01. The molecule has 17 nitrogen and oxygen atoms in total. The standard InChI is InChI=1S/C29H36O17/c1-37-10-6-11-16(31)15-23(45-22(11)13(7-10)38-2)25(39-3)27(41-5)26(40-4)24(15)46-29-21(36)19(34)18(33)14(44-29)9-43-28-20(35)17(32)12(30)8-42-28/h6-7,12,14,17-21,28-30,32-36H,8-9H2,1-5H3. The van der Waals surface area contributed by atoms with E-state index in [9.17, 15) is 35.4 Å². The van der Waals surface area contributed by atoms with Gasteiger partial charge in [0, 0.05) is 6.07 Å². The van der Waals surface area contributed by atoms with Crippen LogP contribution in [0.2, 0.25) is 0 Å². The lowest BCUT2D eigenvalue weighted by atomic mass is 9.99. The Morgan fingerprint density at radius 1 is 0.717 bits per heavy atom. The molecule has 2 aromatic carbocycles. The van der Waals surface area contributed by atoms with Crippen LogP contribution in [0.4, 0.5) is 0 Å². The van der Waals surface area contributed by atoms with E-state index in [-0.39, 0.29) is 63.0 Å². The molecular weight excluding hydrogens is 620 g/mol. The van der Waals surface area contributed by atoms with Crippen LogP contribution in [-0.2, 0) is 14.2 Å². The summed E-state index contributed by atoms with van der Waals surface area (Å²) in [4.78, 5) is 14.2. The molecule has 0 aliphatic carbocycles. The summed E-state index contributed by atoms with van der Waals surface area (Å²) in [7, 11) is 6.67. The van der Waals surface area contributed by atoms with Crippen LogP contribution < -0.4 is 33.8 Å². The summed E-state index contributed by atoms with van der Waals surface area (Å²) in [6.45, 7) is -0.878. The third-order valence-electron chi connectivity index (χ3n) is 7.83. The molecule has 0 bridgehead atoms. The summed E-state index contributed by atoms with van der Waals surface area (Å²) < 4.78 is 56.0. The first-order valence-corrected chi connectivity index (χ1v) is 14.0. The summed E-state index contributed by atoms with van der Waals surface area (Å²) in [5.41, 5.74) is -0.754. The van der Waals surface area contributed by atoms with Crippen LogP contribution in [0.3, 0.4) is 0 Å². The van der Waals surface area contributed by atoms with Crippen molar-refractivity contribution in [2.24, 2.45) is 0 Å². The van der Waals surface area contributed by atoms with E-state index in [0.717, 1.165) is 0 Å². The lowest BCUT2D eigenvalue weighted by Crippen LogP contribution is -2.61. The van der Waals surface area contributed by atoms with Crippen molar-refractivity contribution in [2.45, 2.75) is 55.3 Å². The van der Waals surface area contributed by atoms with Crippen LogP contribution in [0.1, 0.15) is 0 Å². The van der Waals surface area contributed by atoms with Crippen molar-refractivity contribution in [1.29, 1.82) is 0 Å². The molecule has 2 aliphatic heterocycles. The van der Waals surface area contributed by atoms with E-state index in [4.69, 9.17) is 47.0 Å². The smallest absolute Gasteiger partial charge is 0.229 e. The number of hydrogen-bond acceptors (Lipinski definition) is 17. The van der Waals surface area contributed by atoms with Gasteiger partial charge in [-0.05, 0) is 6.07 Å². The summed E-state index contributed by atoms with van der Waals surface area (Å²) in [6.07, 6.45) is -14.6. The van der Waals surface area contributed by atoms with Gasteiger partial charge in [-0.3, -0.25) is 4.79 Å². The van der Waals surface area contributed by atoms with Crippen molar-refractivity contribution >= 4 is 21.9 Å². The normalized spacial score (nSPS) is 29.8. The fourth-order valence-corrected chi connectivity index (χ4v) is 5.35. The Morgan fingerprint density at radius 2 is 1.37 bits per heavy atom. The zero-order valence-electron chi connectivity index (χ0n) is 25.4. The molecule has 2 fully saturated rings. The van der Waals surface area contributed by atoms with E-state index >= 15 is 0 Å². The highest BCUT2D eigenvalue weighted by Crippen LogP contribution is 2.51. The molecule has 0 saturated carbocycles. The second kappa shape index (κ2) is 13.6. The molecule has 0 radical (unpaired) electrons. The largest absolute Gasteiger partial charge is 0.497 e. The van der Waals surface area contributed by atoms with Gasteiger partial charge >= 0.3 is 0 Å². The van der Waals surface area contributed by atoms with Crippen molar-refractivity contribution in [3.8, 4) is 34.5 Å². The topological polar surface area (TPSA) is 235 Å². The van der Waals surface area contributed by atoms with Crippen molar-refractivity contribution in [3.63, 3.8) is 0 Å². The summed E-state index contributed by atoms with van der Waals surface area (Å²) in [6, 6.07) is 2.94. The molecule has 9 atom stereocenters. The van der Waals surface area contributed by atoms with Crippen LogP contribution in [0.15, 0.2) is 21.3 Å². The Balaban J connectivity index is 1.59. The zero-order valence-corrected chi connectivity index (χ0v) is 25.4. The molecule has 6 N–H and O–H groups in total. The molecule has 2 saturated heterocycles. The van der Waals surface area contributed by atoms with Crippen LogP contribution in [-0.4, -0.2) is 135 Å². The first kappa shape index (κ1) is 33.7. The minimum atomic E-state index is -1.87. The maximum Gasteiger partial charge on any atom is 0.229 e. The van der Waals surface area contributed by atoms with Gasteiger partial charge in [-0.25, -0.2) is 0 Å². The molecule has 17 heteroatoms. The van der Waals surface area contributed by atoms with Gasteiger partial charge in [0.05, 0.1) is 54.1 Å². The monoisotopic (exact) mass is 656 g/mol. The van der Waals surface area contributed by atoms with Crippen molar-refractivity contribution in [3.05, 3.63) is 22.4 Å². The number of hydrogen-bond donors (Lipinski definition) is 6. The Morgan fingerprint density at radius 3 is 2.00 bits per heavy atom. The molecule has 3 aromatic rings. The van der Waals surface area contributed by atoms with E-state index in [2.05, 4.69) is 0 Å². The minimum Gasteiger partial charge on any atom is -0.497 e. The Bertz CT molecular complexity index is 1610. The zero-order chi connectivity index (χ0) is 33.4.